The molecule has 0 saturated heterocycles. The molecule has 0 heterocycles. The highest BCUT2D eigenvalue weighted by Gasteiger charge is 2.19. The quantitative estimate of drug-likeness (QED) is 0.673. The summed E-state index contributed by atoms with van der Waals surface area (Å²) in [4.78, 5) is 10.3. The second-order valence-electron chi connectivity index (χ2n) is 4.76. The van der Waals surface area contributed by atoms with Crippen LogP contribution in [-0.2, 0) is 0 Å². The van der Waals surface area contributed by atoms with E-state index in [1.807, 2.05) is 0 Å². The Kier molecular flexibility index (Phi) is 4.16. The predicted octanol–water partition coefficient (Wildman–Crippen LogP) is 4.35. The number of halogens is 2. The zero-order valence-corrected chi connectivity index (χ0v) is 11.6. The molecule has 110 valence electrons. The van der Waals surface area contributed by atoms with E-state index in [2.05, 4.69) is 5.32 Å². The van der Waals surface area contributed by atoms with Gasteiger partial charge in [0.1, 0.15) is 17.3 Å². The normalized spacial score (nSPS) is 12.0. The van der Waals surface area contributed by atoms with E-state index in [0.29, 0.717) is 5.56 Å². The molecule has 0 aliphatic heterocycles. The van der Waals surface area contributed by atoms with Gasteiger partial charge < -0.3 is 5.32 Å². The average molecular weight is 292 g/mol. The smallest absolute Gasteiger partial charge is 0.295 e. The maximum Gasteiger partial charge on any atom is 0.295 e. The lowest BCUT2D eigenvalue weighted by atomic mass is 10.1. The van der Waals surface area contributed by atoms with Crippen LogP contribution in [0.15, 0.2) is 36.4 Å². The summed E-state index contributed by atoms with van der Waals surface area (Å²) in [6.45, 7) is 3.19. The van der Waals surface area contributed by atoms with Crippen LogP contribution in [-0.4, -0.2) is 4.92 Å². The Bertz CT molecular complexity index is 689. The van der Waals surface area contributed by atoms with Gasteiger partial charge in [-0.3, -0.25) is 10.1 Å². The maximum atomic E-state index is 13.7. The van der Waals surface area contributed by atoms with Gasteiger partial charge in [0, 0.05) is 5.56 Å². The number of nitrogens with one attached hydrogen (secondary N) is 1. The van der Waals surface area contributed by atoms with E-state index in [4.69, 9.17) is 0 Å². The molecule has 1 unspecified atom stereocenters. The number of nitrogens with zero attached hydrogens (tertiary/aromatic N) is 1. The molecule has 0 aliphatic rings. The van der Waals surface area contributed by atoms with Crippen LogP contribution < -0.4 is 5.32 Å². The van der Waals surface area contributed by atoms with E-state index < -0.39 is 22.6 Å². The first kappa shape index (κ1) is 14.9. The van der Waals surface area contributed by atoms with Crippen molar-refractivity contribution in [1.82, 2.24) is 0 Å². The van der Waals surface area contributed by atoms with Crippen LogP contribution in [0.3, 0.4) is 0 Å². The molecule has 0 radical (unpaired) electrons. The van der Waals surface area contributed by atoms with Crippen molar-refractivity contribution < 1.29 is 13.7 Å². The lowest BCUT2D eigenvalue weighted by Gasteiger charge is -2.17. The average Bonchev–Trinajstić information content (AvgIpc) is 2.42. The molecule has 2 rings (SSSR count). The molecule has 0 fully saturated rings. The molecular formula is C15H14F2N2O2. The molecular weight excluding hydrogens is 278 g/mol. The SMILES string of the molecule is Cc1cc(NC(C)c2ccccc2F)c([N+](=O)[O-])cc1F. The summed E-state index contributed by atoms with van der Waals surface area (Å²) in [6, 6.07) is 7.88. The van der Waals surface area contributed by atoms with Crippen molar-refractivity contribution in [3.63, 3.8) is 0 Å². The number of hydrogen-bond acceptors (Lipinski definition) is 3. The summed E-state index contributed by atoms with van der Waals surface area (Å²) in [7, 11) is 0. The minimum atomic E-state index is -0.668. The first-order valence-corrected chi connectivity index (χ1v) is 6.35. The van der Waals surface area contributed by atoms with Crippen molar-refractivity contribution in [2.45, 2.75) is 19.9 Å². The first-order chi connectivity index (χ1) is 9.90. The van der Waals surface area contributed by atoms with Gasteiger partial charge in [0.15, 0.2) is 0 Å². The molecule has 0 aliphatic carbocycles. The first-order valence-electron chi connectivity index (χ1n) is 6.35. The number of nitro benzene ring substituents is 1. The van der Waals surface area contributed by atoms with E-state index in [9.17, 15) is 18.9 Å². The van der Waals surface area contributed by atoms with E-state index >= 15 is 0 Å². The van der Waals surface area contributed by atoms with Gasteiger partial charge >= 0.3 is 0 Å². The van der Waals surface area contributed by atoms with Gasteiger partial charge in [-0.1, -0.05) is 18.2 Å². The number of rotatable bonds is 4. The van der Waals surface area contributed by atoms with Gasteiger partial charge in [0.2, 0.25) is 0 Å². The van der Waals surface area contributed by atoms with Crippen LogP contribution in [0.25, 0.3) is 0 Å². The van der Waals surface area contributed by atoms with Crippen molar-refractivity contribution in [1.29, 1.82) is 0 Å². The molecule has 21 heavy (non-hydrogen) atoms. The molecule has 1 N–H and O–H groups in total. The van der Waals surface area contributed by atoms with Crippen LogP contribution in [0.4, 0.5) is 20.2 Å². The molecule has 1 atom stereocenters. The van der Waals surface area contributed by atoms with Gasteiger partial charge in [-0.15, -0.1) is 0 Å². The zero-order chi connectivity index (χ0) is 15.6. The Morgan fingerprint density at radius 3 is 2.48 bits per heavy atom. The minimum Gasteiger partial charge on any atom is -0.373 e. The van der Waals surface area contributed by atoms with Crippen molar-refractivity contribution in [3.8, 4) is 0 Å². The Labute approximate surface area is 120 Å². The third-order valence-electron chi connectivity index (χ3n) is 3.22. The Morgan fingerprint density at radius 1 is 1.19 bits per heavy atom. The van der Waals surface area contributed by atoms with Crippen molar-refractivity contribution in [2.24, 2.45) is 0 Å². The van der Waals surface area contributed by atoms with Gasteiger partial charge in [0.05, 0.1) is 17.0 Å². The molecule has 2 aromatic carbocycles. The van der Waals surface area contributed by atoms with Crippen molar-refractivity contribution >= 4 is 11.4 Å². The van der Waals surface area contributed by atoms with Crippen molar-refractivity contribution in [2.75, 3.05) is 5.32 Å². The molecule has 0 bridgehead atoms. The van der Waals surface area contributed by atoms with Crippen LogP contribution in [0.1, 0.15) is 24.1 Å². The molecule has 0 spiro atoms. The van der Waals surface area contributed by atoms with Crippen LogP contribution in [0.2, 0.25) is 0 Å². The maximum absolute atomic E-state index is 13.7. The zero-order valence-electron chi connectivity index (χ0n) is 11.6. The van der Waals surface area contributed by atoms with E-state index in [1.165, 1.54) is 19.1 Å². The highest BCUT2D eigenvalue weighted by Crippen LogP contribution is 2.31. The minimum absolute atomic E-state index is 0.162. The van der Waals surface area contributed by atoms with Crippen molar-refractivity contribution in [3.05, 3.63) is 69.3 Å². The van der Waals surface area contributed by atoms with E-state index in [1.54, 1.807) is 25.1 Å². The van der Waals surface area contributed by atoms with Crippen LogP contribution in [0, 0.1) is 28.7 Å². The van der Waals surface area contributed by atoms with Gasteiger partial charge in [-0.25, -0.2) is 8.78 Å². The molecule has 0 amide bonds. The monoisotopic (exact) mass is 292 g/mol. The number of aryl methyl sites for hydroxylation is 1. The van der Waals surface area contributed by atoms with Gasteiger partial charge in [-0.05, 0) is 31.5 Å². The fraction of sp³-hybridized carbons (Fsp3) is 0.200. The second-order valence-corrected chi connectivity index (χ2v) is 4.76. The molecule has 2 aromatic rings. The second kappa shape index (κ2) is 5.87. The lowest BCUT2D eigenvalue weighted by Crippen LogP contribution is -2.10. The topological polar surface area (TPSA) is 55.2 Å². The summed E-state index contributed by atoms with van der Waals surface area (Å²) >= 11 is 0. The Hall–Kier alpha value is -2.50. The fourth-order valence-electron chi connectivity index (χ4n) is 2.07. The summed E-state index contributed by atoms with van der Waals surface area (Å²) in [5.41, 5.74) is 0.452. The Morgan fingerprint density at radius 2 is 1.86 bits per heavy atom. The number of nitro groups is 1. The fourth-order valence-corrected chi connectivity index (χ4v) is 2.07. The van der Waals surface area contributed by atoms with Gasteiger partial charge in [0.25, 0.3) is 5.69 Å². The largest absolute Gasteiger partial charge is 0.373 e. The highest BCUT2D eigenvalue weighted by molar-refractivity contribution is 5.63. The summed E-state index contributed by atoms with van der Waals surface area (Å²) in [5, 5.41) is 13.9. The van der Waals surface area contributed by atoms with Crippen LogP contribution >= 0.6 is 0 Å². The highest BCUT2D eigenvalue weighted by atomic mass is 19.1. The third-order valence-corrected chi connectivity index (χ3v) is 3.22. The standard InChI is InChI=1S/C15H14F2N2O2/c1-9-7-14(15(19(20)21)8-13(9)17)18-10(2)11-5-3-4-6-12(11)16/h3-8,10,18H,1-2H3. The molecule has 6 heteroatoms. The number of anilines is 1. The predicted molar refractivity (Wildman–Crippen MR) is 76.2 cm³/mol. The number of benzene rings is 2. The number of hydrogen-bond donors (Lipinski definition) is 1. The van der Waals surface area contributed by atoms with E-state index in [0.717, 1.165) is 6.07 Å². The Balaban J connectivity index is 2.37. The molecule has 0 saturated carbocycles. The summed E-state index contributed by atoms with van der Waals surface area (Å²) < 4.78 is 27.2. The molecule has 0 aromatic heterocycles. The summed E-state index contributed by atoms with van der Waals surface area (Å²) in [6.07, 6.45) is 0. The summed E-state index contributed by atoms with van der Waals surface area (Å²) in [5.74, 6) is -1.05. The third kappa shape index (κ3) is 3.16. The van der Waals surface area contributed by atoms with Gasteiger partial charge in [-0.2, -0.15) is 0 Å². The lowest BCUT2D eigenvalue weighted by molar-refractivity contribution is -0.384. The molecule has 4 nitrogen and oxygen atoms in total. The van der Waals surface area contributed by atoms with E-state index in [-0.39, 0.29) is 16.9 Å². The van der Waals surface area contributed by atoms with Crippen LogP contribution in [0.5, 0.6) is 0 Å².